The molecule has 31 heavy (non-hydrogen) atoms. The minimum atomic E-state index is 0.0619. The maximum atomic E-state index is 12.9. The van der Waals surface area contributed by atoms with E-state index in [1.165, 1.54) is 24.1 Å². The molecule has 0 spiro atoms. The number of carbonyl (C=O) groups is 1. The molecule has 0 aromatic heterocycles. The molecule has 2 saturated heterocycles. The highest BCUT2D eigenvalue weighted by atomic mass is 16.6. The van der Waals surface area contributed by atoms with Crippen molar-refractivity contribution in [3.63, 3.8) is 0 Å². The number of rotatable bonds is 4. The molecular formula is C26H37N2O3+. The van der Waals surface area contributed by atoms with Crippen LogP contribution in [0.15, 0.2) is 36.4 Å². The zero-order valence-electron chi connectivity index (χ0n) is 19.1. The lowest BCUT2D eigenvalue weighted by atomic mass is 9.55. The lowest BCUT2D eigenvalue weighted by molar-refractivity contribution is -0.903. The van der Waals surface area contributed by atoms with Crippen molar-refractivity contribution in [1.29, 1.82) is 0 Å². The van der Waals surface area contributed by atoms with Gasteiger partial charge in [-0.1, -0.05) is 19.1 Å². The third-order valence-corrected chi connectivity index (χ3v) is 8.74. The number of fused-ring (bicyclic) bond motifs is 2. The number of quaternary nitrogens is 1. The van der Waals surface area contributed by atoms with Gasteiger partial charge in [0, 0.05) is 11.6 Å². The van der Waals surface area contributed by atoms with Crippen molar-refractivity contribution >= 4 is 11.7 Å². The quantitative estimate of drug-likeness (QED) is 0.595. The number of ether oxygens (including phenoxy) is 2. The highest BCUT2D eigenvalue weighted by molar-refractivity contribution is 5.75. The van der Waals surface area contributed by atoms with Crippen LogP contribution in [0.25, 0.3) is 0 Å². The molecule has 168 valence electrons. The molecule has 5 rings (SSSR count). The molecule has 0 unspecified atom stereocenters. The summed E-state index contributed by atoms with van der Waals surface area (Å²) in [7, 11) is 1.70. The molecule has 2 aliphatic heterocycles. The standard InChI is InChI=1S/C26H36N2O3/c1-18-5-4-10-26(2)16-24-21(15-23(18)26)22(25(29)31-24)17-27-11-13-28(14-12-27)19-6-8-20(30-3)9-7-19/h6-9,21-24H,1,4-5,10-17H2,2-3H3/p+1/t21-,22-,23+,24+,26-/m0/s1. The predicted molar refractivity (Wildman–Crippen MR) is 121 cm³/mol. The van der Waals surface area contributed by atoms with Crippen LogP contribution in [0.5, 0.6) is 5.75 Å². The van der Waals surface area contributed by atoms with Crippen LogP contribution in [0.4, 0.5) is 5.69 Å². The lowest BCUT2D eigenvalue weighted by Crippen LogP contribution is -3.15. The van der Waals surface area contributed by atoms with Crippen LogP contribution < -0.4 is 14.5 Å². The summed E-state index contributed by atoms with van der Waals surface area (Å²) in [5, 5.41) is 0. The zero-order valence-corrected chi connectivity index (χ0v) is 19.1. The Morgan fingerprint density at radius 2 is 2.00 bits per heavy atom. The Morgan fingerprint density at radius 1 is 1.26 bits per heavy atom. The topological polar surface area (TPSA) is 43.2 Å². The molecule has 1 N–H and O–H groups in total. The lowest BCUT2D eigenvalue weighted by Gasteiger charge is -2.50. The Morgan fingerprint density at radius 3 is 2.71 bits per heavy atom. The fourth-order valence-electron chi connectivity index (χ4n) is 6.88. The van der Waals surface area contributed by atoms with Crippen molar-refractivity contribution in [2.75, 3.05) is 44.7 Å². The molecule has 4 aliphatic rings. The van der Waals surface area contributed by atoms with E-state index in [1.54, 1.807) is 12.0 Å². The van der Waals surface area contributed by atoms with Gasteiger partial charge in [0.1, 0.15) is 17.8 Å². The number of esters is 1. The average molecular weight is 426 g/mol. The zero-order chi connectivity index (χ0) is 21.6. The van der Waals surface area contributed by atoms with E-state index >= 15 is 0 Å². The molecule has 2 aliphatic carbocycles. The van der Waals surface area contributed by atoms with Crippen molar-refractivity contribution < 1.29 is 19.2 Å². The first-order valence-electron chi connectivity index (χ1n) is 12.1. The van der Waals surface area contributed by atoms with E-state index in [-0.39, 0.29) is 23.4 Å². The van der Waals surface area contributed by atoms with Gasteiger partial charge in [0.05, 0.1) is 39.8 Å². The van der Waals surface area contributed by atoms with E-state index in [9.17, 15) is 4.79 Å². The number of benzene rings is 1. The van der Waals surface area contributed by atoms with E-state index in [2.05, 4.69) is 30.5 Å². The van der Waals surface area contributed by atoms with Gasteiger partial charge in [0.15, 0.2) is 0 Å². The van der Waals surface area contributed by atoms with Crippen molar-refractivity contribution in [1.82, 2.24) is 0 Å². The maximum absolute atomic E-state index is 12.9. The number of nitrogens with zero attached hydrogens (tertiary/aromatic N) is 1. The van der Waals surface area contributed by atoms with Crippen LogP contribution in [0.1, 0.15) is 39.0 Å². The monoisotopic (exact) mass is 425 g/mol. The molecule has 0 bridgehead atoms. The Balaban J connectivity index is 1.21. The Bertz CT molecular complexity index is 830. The summed E-state index contributed by atoms with van der Waals surface area (Å²) in [5.74, 6) is 1.97. The number of allylic oxidation sites excluding steroid dienone is 1. The van der Waals surface area contributed by atoms with Gasteiger partial charge in [-0.05, 0) is 67.7 Å². The summed E-state index contributed by atoms with van der Waals surface area (Å²) in [5.41, 5.74) is 2.95. The van der Waals surface area contributed by atoms with E-state index in [1.807, 2.05) is 12.1 Å². The van der Waals surface area contributed by atoms with Crippen molar-refractivity contribution in [3.05, 3.63) is 36.4 Å². The molecule has 2 heterocycles. The highest BCUT2D eigenvalue weighted by Crippen LogP contribution is 2.56. The normalized spacial score (nSPS) is 36.0. The fourth-order valence-corrected chi connectivity index (χ4v) is 6.88. The molecule has 2 saturated carbocycles. The van der Waals surface area contributed by atoms with Crippen molar-refractivity contribution in [3.8, 4) is 5.75 Å². The summed E-state index contributed by atoms with van der Waals surface area (Å²) < 4.78 is 11.3. The average Bonchev–Trinajstić information content (AvgIpc) is 3.06. The first-order valence-corrected chi connectivity index (χ1v) is 12.1. The minimum Gasteiger partial charge on any atom is -0.497 e. The SMILES string of the molecule is C=C1CCC[C@@]2(C)C[C@H]3OC(=O)[C@@H](C[NH+]4CCN(c5ccc(OC)cc5)CC4)[C@@H]3C[C@H]12. The second-order valence-corrected chi connectivity index (χ2v) is 10.5. The smallest absolute Gasteiger partial charge is 0.315 e. The first-order chi connectivity index (χ1) is 15.0. The molecule has 5 atom stereocenters. The summed E-state index contributed by atoms with van der Waals surface area (Å²) >= 11 is 0. The second-order valence-electron chi connectivity index (χ2n) is 10.5. The van der Waals surface area contributed by atoms with Crippen LogP contribution in [0.2, 0.25) is 0 Å². The third kappa shape index (κ3) is 3.86. The first kappa shape index (κ1) is 20.9. The number of piperazine rings is 1. The fraction of sp³-hybridized carbons (Fsp3) is 0.654. The highest BCUT2D eigenvalue weighted by Gasteiger charge is 2.56. The van der Waals surface area contributed by atoms with Gasteiger partial charge in [0.25, 0.3) is 0 Å². The van der Waals surface area contributed by atoms with Gasteiger partial charge in [-0.25, -0.2) is 0 Å². The number of hydrogen-bond donors (Lipinski definition) is 1. The van der Waals surface area contributed by atoms with E-state index in [0.717, 1.165) is 57.7 Å². The summed E-state index contributed by atoms with van der Waals surface area (Å²) in [6.45, 7) is 11.9. The largest absolute Gasteiger partial charge is 0.497 e. The number of anilines is 1. The van der Waals surface area contributed by atoms with E-state index < -0.39 is 0 Å². The Hall–Kier alpha value is -2.01. The van der Waals surface area contributed by atoms with Crippen LogP contribution in [-0.4, -0.2) is 51.9 Å². The molecule has 0 amide bonds. The summed E-state index contributed by atoms with van der Waals surface area (Å²) in [6, 6.07) is 8.33. The van der Waals surface area contributed by atoms with Gasteiger partial charge < -0.3 is 19.3 Å². The predicted octanol–water partition coefficient (Wildman–Crippen LogP) is 2.71. The van der Waals surface area contributed by atoms with Crippen molar-refractivity contribution in [2.45, 2.75) is 45.1 Å². The molecule has 1 aromatic carbocycles. The number of nitrogens with one attached hydrogen (secondary N) is 1. The third-order valence-electron chi connectivity index (χ3n) is 8.74. The van der Waals surface area contributed by atoms with Crippen LogP contribution >= 0.6 is 0 Å². The number of methoxy groups -OCH3 is 1. The summed E-state index contributed by atoms with van der Waals surface area (Å²) in [6.07, 6.45) is 5.91. The van der Waals surface area contributed by atoms with Gasteiger partial charge in [-0.2, -0.15) is 0 Å². The minimum absolute atomic E-state index is 0.0619. The van der Waals surface area contributed by atoms with Gasteiger partial charge in [0.2, 0.25) is 0 Å². The van der Waals surface area contributed by atoms with Crippen molar-refractivity contribution in [2.24, 2.45) is 23.2 Å². The number of hydrogen-bond acceptors (Lipinski definition) is 4. The molecule has 4 fully saturated rings. The molecule has 5 heteroatoms. The molecular weight excluding hydrogens is 388 g/mol. The molecule has 0 radical (unpaired) electrons. The van der Waals surface area contributed by atoms with Crippen LogP contribution in [0.3, 0.4) is 0 Å². The van der Waals surface area contributed by atoms with Crippen LogP contribution in [-0.2, 0) is 9.53 Å². The maximum Gasteiger partial charge on any atom is 0.315 e. The summed E-state index contributed by atoms with van der Waals surface area (Å²) in [4.78, 5) is 16.9. The van der Waals surface area contributed by atoms with E-state index in [4.69, 9.17) is 9.47 Å². The van der Waals surface area contributed by atoms with Gasteiger partial charge in [-0.3, -0.25) is 4.79 Å². The Labute approximate surface area is 186 Å². The van der Waals surface area contributed by atoms with Gasteiger partial charge >= 0.3 is 5.97 Å². The van der Waals surface area contributed by atoms with Crippen LogP contribution in [0, 0.1) is 23.2 Å². The van der Waals surface area contributed by atoms with E-state index in [0.29, 0.717) is 11.8 Å². The number of carbonyl (C=O) groups excluding carboxylic acids is 1. The molecule has 1 aromatic rings. The van der Waals surface area contributed by atoms with Gasteiger partial charge in [-0.15, -0.1) is 0 Å². The second kappa shape index (κ2) is 8.16. The Kier molecular flexibility index (Phi) is 5.49. The molecule has 5 nitrogen and oxygen atoms in total.